The van der Waals surface area contributed by atoms with Gasteiger partial charge in [0, 0.05) is 11.1 Å². The van der Waals surface area contributed by atoms with Crippen molar-refractivity contribution in [2.75, 3.05) is 0 Å². The van der Waals surface area contributed by atoms with Gasteiger partial charge in [-0.3, -0.25) is 0 Å². The van der Waals surface area contributed by atoms with E-state index < -0.39 is 5.97 Å². The first-order chi connectivity index (χ1) is 6.13. The van der Waals surface area contributed by atoms with E-state index in [9.17, 15) is 4.79 Å². The first-order valence-corrected chi connectivity index (χ1v) is 4.28. The largest absolute Gasteiger partial charge is 0.477 e. The summed E-state index contributed by atoms with van der Waals surface area (Å²) in [6.45, 7) is 1.81. The van der Waals surface area contributed by atoms with E-state index in [0.717, 1.165) is 5.69 Å². The molecule has 0 spiro atoms. The van der Waals surface area contributed by atoms with Crippen LogP contribution in [0, 0.1) is 18.3 Å². The number of carboxylic acid groups (broad SMARTS) is 1. The molecular formula is C8H6N2O2S. The molecule has 4 nitrogen and oxygen atoms in total. The van der Waals surface area contributed by atoms with Crippen molar-refractivity contribution < 1.29 is 9.90 Å². The summed E-state index contributed by atoms with van der Waals surface area (Å²) >= 11 is 1.31. The topological polar surface area (TPSA) is 74.0 Å². The number of nitrogens with zero attached hydrogens (tertiary/aromatic N) is 2. The maximum Gasteiger partial charge on any atom is 0.346 e. The highest BCUT2D eigenvalue weighted by Crippen LogP contribution is 2.12. The van der Waals surface area contributed by atoms with Crippen LogP contribution < -0.4 is 0 Å². The molecule has 0 atom stereocenters. The van der Waals surface area contributed by atoms with Crippen molar-refractivity contribution in [1.82, 2.24) is 4.98 Å². The Labute approximate surface area is 78.8 Å². The van der Waals surface area contributed by atoms with E-state index >= 15 is 0 Å². The van der Waals surface area contributed by atoms with Gasteiger partial charge in [-0.1, -0.05) is 0 Å². The molecule has 0 aliphatic carbocycles. The molecule has 0 aromatic carbocycles. The molecule has 0 unspecified atom stereocenters. The van der Waals surface area contributed by atoms with Gasteiger partial charge in [-0.2, -0.15) is 5.26 Å². The van der Waals surface area contributed by atoms with E-state index in [1.165, 1.54) is 17.4 Å². The standard InChI is InChI=1S/C8H6N2O2S/c1-5-4-13-7(10-5)2-6(3-9)8(11)12/h2,4H,1H3,(H,11,12)/b6-2+. The minimum atomic E-state index is -1.23. The Balaban J connectivity index is 3.00. The lowest BCUT2D eigenvalue weighted by molar-refractivity contribution is -0.132. The van der Waals surface area contributed by atoms with Crippen LogP contribution in [-0.2, 0) is 4.79 Å². The molecule has 0 fully saturated rings. The van der Waals surface area contributed by atoms with Gasteiger partial charge in [-0.05, 0) is 13.0 Å². The molecule has 1 aromatic rings. The Hall–Kier alpha value is -1.67. The molecule has 0 saturated carbocycles. The van der Waals surface area contributed by atoms with Crippen LogP contribution in [0.5, 0.6) is 0 Å². The first kappa shape index (κ1) is 9.42. The van der Waals surface area contributed by atoms with Gasteiger partial charge in [-0.25, -0.2) is 9.78 Å². The summed E-state index contributed by atoms with van der Waals surface area (Å²) in [6.07, 6.45) is 1.26. The lowest BCUT2D eigenvalue weighted by Crippen LogP contribution is -1.97. The van der Waals surface area contributed by atoms with Gasteiger partial charge in [0.25, 0.3) is 0 Å². The van der Waals surface area contributed by atoms with Crippen LogP contribution in [0.3, 0.4) is 0 Å². The molecule has 1 rings (SSSR count). The van der Waals surface area contributed by atoms with Gasteiger partial charge in [-0.15, -0.1) is 11.3 Å². The molecule has 1 heterocycles. The van der Waals surface area contributed by atoms with Crippen molar-refractivity contribution >= 4 is 23.4 Å². The number of hydrogen-bond acceptors (Lipinski definition) is 4. The highest BCUT2D eigenvalue weighted by Gasteiger charge is 2.06. The van der Waals surface area contributed by atoms with Crippen LogP contribution in [-0.4, -0.2) is 16.1 Å². The third-order valence-electron chi connectivity index (χ3n) is 1.26. The fraction of sp³-hybridized carbons (Fsp3) is 0.125. The number of thiazole rings is 1. The number of aryl methyl sites for hydroxylation is 1. The molecule has 0 bridgehead atoms. The second kappa shape index (κ2) is 3.83. The molecule has 0 amide bonds. The maximum absolute atomic E-state index is 10.4. The van der Waals surface area contributed by atoms with E-state index in [-0.39, 0.29) is 5.57 Å². The Bertz CT molecular complexity index is 401. The van der Waals surface area contributed by atoms with Crippen molar-refractivity contribution in [3.63, 3.8) is 0 Å². The van der Waals surface area contributed by atoms with Crippen LogP contribution in [0.2, 0.25) is 0 Å². The SMILES string of the molecule is Cc1csc(/C=C(\C#N)C(=O)O)n1. The summed E-state index contributed by atoms with van der Waals surface area (Å²) in [5.41, 5.74) is 0.522. The molecule has 0 radical (unpaired) electrons. The summed E-state index contributed by atoms with van der Waals surface area (Å²) in [7, 11) is 0. The quantitative estimate of drug-likeness (QED) is 0.571. The van der Waals surface area contributed by atoms with Crippen LogP contribution in [0.25, 0.3) is 6.08 Å². The fourth-order valence-corrected chi connectivity index (χ4v) is 1.43. The minimum Gasteiger partial charge on any atom is -0.477 e. The molecule has 1 aromatic heterocycles. The average molecular weight is 194 g/mol. The number of carbonyl (C=O) groups is 1. The fourth-order valence-electron chi connectivity index (χ4n) is 0.704. The lowest BCUT2D eigenvalue weighted by Gasteiger charge is -1.86. The van der Waals surface area contributed by atoms with E-state index in [4.69, 9.17) is 10.4 Å². The number of aliphatic carboxylic acids is 1. The van der Waals surface area contributed by atoms with Gasteiger partial charge in [0.2, 0.25) is 0 Å². The van der Waals surface area contributed by atoms with E-state index in [1.807, 2.05) is 0 Å². The zero-order valence-corrected chi connectivity index (χ0v) is 7.63. The number of aromatic nitrogens is 1. The van der Waals surface area contributed by atoms with Crippen molar-refractivity contribution in [1.29, 1.82) is 5.26 Å². The van der Waals surface area contributed by atoms with Gasteiger partial charge >= 0.3 is 5.97 Å². The number of carboxylic acids is 1. The third-order valence-corrected chi connectivity index (χ3v) is 2.17. The molecule has 1 N–H and O–H groups in total. The highest BCUT2D eigenvalue weighted by atomic mass is 32.1. The molecule has 13 heavy (non-hydrogen) atoms. The number of hydrogen-bond donors (Lipinski definition) is 1. The predicted molar refractivity (Wildman–Crippen MR) is 48.1 cm³/mol. The zero-order chi connectivity index (χ0) is 9.84. The van der Waals surface area contributed by atoms with Gasteiger partial charge in [0.15, 0.2) is 0 Å². The van der Waals surface area contributed by atoms with E-state index in [1.54, 1.807) is 18.4 Å². The van der Waals surface area contributed by atoms with Gasteiger partial charge < -0.3 is 5.11 Å². The lowest BCUT2D eigenvalue weighted by atomic mass is 10.3. The minimum absolute atomic E-state index is 0.297. The number of nitriles is 1. The van der Waals surface area contributed by atoms with Crippen molar-refractivity contribution in [2.45, 2.75) is 6.92 Å². The Morgan fingerprint density at radius 2 is 2.54 bits per heavy atom. The molecule has 0 saturated heterocycles. The second-order valence-corrected chi connectivity index (χ2v) is 3.19. The van der Waals surface area contributed by atoms with Crippen LogP contribution in [0.1, 0.15) is 10.7 Å². The smallest absolute Gasteiger partial charge is 0.346 e. The molecule has 0 aliphatic heterocycles. The summed E-state index contributed by atoms with van der Waals surface area (Å²) in [5, 5.41) is 19.3. The van der Waals surface area contributed by atoms with E-state index in [2.05, 4.69) is 4.98 Å². The van der Waals surface area contributed by atoms with Crippen molar-refractivity contribution in [3.8, 4) is 6.07 Å². The van der Waals surface area contributed by atoms with Crippen LogP contribution >= 0.6 is 11.3 Å². The highest BCUT2D eigenvalue weighted by molar-refractivity contribution is 7.10. The van der Waals surface area contributed by atoms with Gasteiger partial charge in [0.1, 0.15) is 16.6 Å². The summed E-state index contributed by atoms with van der Waals surface area (Å²) < 4.78 is 0. The van der Waals surface area contributed by atoms with Crippen LogP contribution in [0.4, 0.5) is 0 Å². The second-order valence-electron chi connectivity index (χ2n) is 2.30. The molecule has 66 valence electrons. The normalized spacial score (nSPS) is 10.9. The Kier molecular flexibility index (Phi) is 2.77. The third kappa shape index (κ3) is 2.39. The maximum atomic E-state index is 10.4. The number of rotatable bonds is 2. The van der Waals surface area contributed by atoms with Crippen molar-refractivity contribution in [3.05, 3.63) is 21.7 Å². The zero-order valence-electron chi connectivity index (χ0n) is 6.81. The van der Waals surface area contributed by atoms with Gasteiger partial charge in [0.05, 0.1) is 0 Å². The van der Waals surface area contributed by atoms with E-state index in [0.29, 0.717) is 5.01 Å². The monoisotopic (exact) mass is 194 g/mol. The molecule has 5 heteroatoms. The summed E-state index contributed by atoms with van der Waals surface area (Å²) in [4.78, 5) is 14.4. The van der Waals surface area contributed by atoms with Crippen molar-refractivity contribution in [2.24, 2.45) is 0 Å². The summed E-state index contributed by atoms with van der Waals surface area (Å²) in [6, 6.07) is 1.59. The Morgan fingerprint density at radius 1 is 1.85 bits per heavy atom. The summed E-state index contributed by atoms with van der Waals surface area (Å²) in [5.74, 6) is -1.23. The molecular weight excluding hydrogens is 188 g/mol. The first-order valence-electron chi connectivity index (χ1n) is 3.40. The predicted octanol–water partition coefficient (Wildman–Crippen LogP) is 1.44. The Morgan fingerprint density at radius 3 is 2.92 bits per heavy atom. The van der Waals surface area contributed by atoms with Crippen LogP contribution in [0.15, 0.2) is 11.0 Å². The average Bonchev–Trinajstić information content (AvgIpc) is 2.46. The molecule has 0 aliphatic rings.